The van der Waals surface area contributed by atoms with Gasteiger partial charge in [0, 0.05) is 33.4 Å². The van der Waals surface area contributed by atoms with Gasteiger partial charge in [0.25, 0.3) is 0 Å². The maximum absolute atomic E-state index is 12.1. The second-order valence-electron chi connectivity index (χ2n) is 5.83. The van der Waals surface area contributed by atoms with E-state index in [0.29, 0.717) is 5.69 Å². The summed E-state index contributed by atoms with van der Waals surface area (Å²) in [4.78, 5) is 16.8. The van der Waals surface area contributed by atoms with Gasteiger partial charge in [-0.25, -0.2) is 9.78 Å². The molecule has 124 valence electrons. The number of hydrogen-bond acceptors (Lipinski definition) is 3. The highest BCUT2D eigenvalue weighted by Gasteiger charge is 2.19. The Morgan fingerprint density at radius 2 is 1.88 bits per heavy atom. The second kappa shape index (κ2) is 6.01. The van der Waals surface area contributed by atoms with E-state index in [1.165, 1.54) is 7.11 Å². The lowest BCUT2D eigenvalue weighted by Crippen LogP contribution is -2.06. The van der Waals surface area contributed by atoms with Crippen LogP contribution in [0.3, 0.4) is 0 Å². The maximum atomic E-state index is 12.1. The Morgan fingerprint density at radius 3 is 2.64 bits per heavy atom. The predicted octanol–water partition coefficient (Wildman–Crippen LogP) is 4.94. The first-order valence-corrected chi connectivity index (χ1v) is 8.62. The van der Waals surface area contributed by atoms with Crippen LogP contribution in [0, 0.1) is 0 Å². The Balaban J connectivity index is 2.17. The molecule has 0 saturated carbocycles. The molecule has 0 unspecified atom stereocenters. The van der Waals surface area contributed by atoms with E-state index in [9.17, 15) is 4.79 Å². The summed E-state index contributed by atoms with van der Waals surface area (Å²) in [6.07, 6.45) is 0. The smallest absolute Gasteiger partial charge is 0.356 e. The molecule has 0 atom stereocenters. The van der Waals surface area contributed by atoms with Crippen LogP contribution in [0.4, 0.5) is 0 Å². The molecule has 0 aliphatic rings. The van der Waals surface area contributed by atoms with Crippen molar-refractivity contribution in [3.8, 4) is 11.3 Å². The number of ether oxygens (including phenoxy) is 1. The van der Waals surface area contributed by atoms with E-state index in [-0.39, 0.29) is 0 Å². The zero-order valence-electron chi connectivity index (χ0n) is 13.8. The van der Waals surface area contributed by atoms with Gasteiger partial charge in [0.2, 0.25) is 0 Å². The number of carbonyl (C=O) groups is 1. The molecule has 0 radical (unpaired) electrons. The lowest BCUT2D eigenvalue weighted by molar-refractivity contribution is 0.0594. The summed E-state index contributed by atoms with van der Waals surface area (Å²) < 4.78 is 7.98. The van der Waals surface area contributed by atoms with E-state index < -0.39 is 5.97 Å². The average Bonchev–Trinajstić information content (AvgIpc) is 2.93. The number of halogens is 1. The van der Waals surface area contributed by atoms with Gasteiger partial charge < -0.3 is 9.30 Å². The van der Waals surface area contributed by atoms with E-state index >= 15 is 0 Å². The van der Waals surface area contributed by atoms with Crippen molar-refractivity contribution in [3.05, 3.63) is 64.8 Å². The molecule has 0 fully saturated rings. The molecule has 5 heteroatoms. The molecule has 0 amide bonds. The molecule has 0 spiro atoms. The van der Waals surface area contributed by atoms with Crippen LogP contribution in [0.2, 0.25) is 0 Å². The van der Waals surface area contributed by atoms with Crippen LogP contribution in [0.15, 0.2) is 59.1 Å². The third-order valence-electron chi connectivity index (χ3n) is 4.38. The van der Waals surface area contributed by atoms with Crippen LogP contribution in [0.1, 0.15) is 10.5 Å². The summed E-state index contributed by atoms with van der Waals surface area (Å²) in [5.74, 6) is -0.439. The number of esters is 1. The summed E-state index contributed by atoms with van der Waals surface area (Å²) in [6.45, 7) is 0. The lowest BCUT2D eigenvalue weighted by Gasteiger charge is -2.09. The Bertz CT molecular complexity index is 1130. The number of nitrogens with zero attached hydrogens (tertiary/aromatic N) is 2. The van der Waals surface area contributed by atoms with E-state index in [2.05, 4.69) is 37.6 Å². The normalized spacial score (nSPS) is 11.2. The van der Waals surface area contributed by atoms with Gasteiger partial charge in [-0.05, 0) is 24.3 Å². The van der Waals surface area contributed by atoms with Gasteiger partial charge in [0.15, 0.2) is 0 Å². The van der Waals surface area contributed by atoms with Crippen molar-refractivity contribution >= 4 is 43.7 Å². The average molecular weight is 395 g/mol. The minimum absolute atomic E-state index is 0.307. The Labute approximate surface area is 153 Å². The minimum atomic E-state index is -0.439. The Kier molecular flexibility index (Phi) is 3.81. The van der Waals surface area contributed by atoms with Crippen molar-refractivity contribution in [1.29, 1.82) is 0 Å². The van der Waals surface area contributed by atoms with Crippen LogP contribution in [-0.2, 0) is 11.8 Å². The first kappa shape index (κ1) is 15.8. The van der Waals surface area contributed by atoms with Crippen molar-refractivity contribution in [1.82, 2.24) is 9.55 Å². The van der Waals surface area contributed by atoms with Crippen molar-refractivity contribution in [3.63, 3.8) is 0 Å². The van der Waals surface area contributed by atoms with E-state index in [0.717, 1.165) is 37.5 Å². The number of aryl methyl sites for hydroxylation is 1. The zero-order valence-corrected chi connectivity index (χ0v) is 15.4. The fraction of sp³-hybridized carbons (Fsp3) is 0.100. The standard InChI is InChI=1S/C20H15BrN2O2/c1-23-17-9-4-3-8-14(17)15-11-16(20(24)25-2)22-18(19(15)23)12-6-5-7-13(21)10-12/h3-11H,1-2H3. The SMILES string of the molecule is COC(=O)c1cc2c3ccccc3n(C)c2c(-c2cccc(Br)c2)n1. The number of fused-ring (bicyclic) bond motifs is 3. The van der Waals surface area contributed by atoms with Crippen LogP contribution in [0.25, 0.3) is 33.1 Å². The summed E-state index contributed by atoms with van der Waals surface area (Å²) >= 11 is 3.51. The van der Waals surface area contributed by atoms with Crippen LogP contribution >= 0.6 is 15.9 Å². The largest absolute Gasteiger partial charge is 0.464 e. The highest BCUT2D eigenvalue weighted by molar-refractivity contribution is 9.10. The molecule has 25 heavy (non-hydrogen) atoms. The third kappa shape index (κ3) is 2.51. The molecule has 0 N–H and O–H groups in total. The zero-order chi connectivity index (χ0) is 17.6. The van der Waals surface area contributed by atoms with Gasteiger partial charge in [0.1, 0.15) is 5.69 Å². The van der Waals surface area contributed by atoms with Crippen LogP contribution in [0.5, 0.6) is 0 Å². The fourth-order valence-electron chi connectivity index (χ4n) is 3.24. The van der Waals surface area contributed by atoms with Crippen molar-refractivity contribution < 1.29 is 9.53 Å². The second-order valence-corrected chi connectivity index (χ2v) is 6.75. The lowest BCUT2D eigenvalue weighted by atomic mass is 10.1. The number of carbonyl (C=O) groups excluding carboxylic acids is 1. The molecular formula is C20H15BrN2O2. The monoisotopic (exact) mass is 394 g/mol. The van der Waals surface area contributed by atoms with Crippen molar-refractivity contribution in [2.24, 2.45) is 7.05 Å². The number of methoxy groups -OCH3 is 1. The molecule has 4 nitrogen and oxygen atoms in total. The van der Waals surface area contributed by atoms with Gasteiger partial charge in [-0.1, -0.05) is 46.3 Å². The van der Waals surface area contributed by atoms with Crippen LogP contribution < -0.4 is 0 Å². The van der Waals surface area contributed by atoms with Gasteiger partial charge in [-0.2, -0.15) is 0 Å². The summed E-state index contributed by atoms with van der Waals surface area (Å²) in [5, 5.41) is 2.08. The Hall–Kier alpha value is -2.66. The van der Waals surface area contributed by atoms with Gasteiger partial charge in [-0.15, -0.1) is 0 Å². The number of pyridine rings is 1. The van der Waals surface area contributed by atoms with E-state index in [4.69, 9.17) is 4.74 Å². The molecule has 4 aromatic rings. The molecule has 2 aromatic heterocycles. The van der Waals surface area contributed by atoms with E-state index in [1.807, 2.05) is 49.5 Å². The first-order valence-electron chi connectivity index (χ1n) is 7.82. The fourth-order valence-corrected chi connectivity index (χ4v) is 3.64. The first-order chi connectivity index (χ1) is 12.1. The molecule has 0 bridgehead atoms. The summed E-state index contributed by atoms with van der Waals surface area (Å²) in [7, 11) is 3.39. The molecule has 0 saturated heterocycles. The minimum Gasteiger partial charge on any atom is -0.464 e. The number of para-hydroxylation sites is 1. The highest BCUT2D eigenvalue weighted by atomic mass is 79.9. The highest BCUT2D eigenvalue weighted by Crippen LogP contribution is 2.35. The van der Waals surface area contributed by atoms with Gasteiger partial charge in [0.05, 0.1) is 18.3 Å². The molecule has 2 aromatic carbocycles. The number of aromatic nitrogens is 2. The number of hydrogen-bond donors (Lipinski definition) is 0. The Morgan fingerprint density at radius 1 is 1.08 bits per heavy atom. The molecule has 2 heterocycles. The quantitative estimate of drug-likeness (QED) is 0.452. The number of rotatable bonds is 2. The molecule has 0 aliphatic heterocycles. The van der Waals surface area contributed by atoms with E-state index in [1.54, 1.807) is 0 Å². The van der Waals surface area contributed by atoms with Crippen molar-refractivity contribution in [2.75, 3.05) is 7.11 Å². The van der Waals surface area contributed by atoms with Crippen LogP contribution in [-0.4, -0.2) is 22.6 Å². The third-order valence-corrected chi connectivity index (χ3v) is 4.87. The summed E-state index contributed by atoms with van der Waals surface area (Å²) in [5.41, 5.74) is 4.10. The van der Waals surface area contributed by atoms with Gasteiger partial charge in [-0.3, -0.25) is 0 Å². The van der Waals surface area contributed by atoms with Crippen molar-refractivity contribution in [2.45, 2.75) is 0 Å². The predicted molar refractivity (Wildman–Crippen MR) is 103 cm³/mol. The molecular weight excluding hydrogens is 380 g/mol. The topological polar surface area (TPSA) is 44.1 Å². The van der Waals surface area contributed by atoms with Gasteiger partial charge >= 0.3 is 5.97 Å². The summed E-state index contributed by atoms with van der Waals surface area (Å²) in [6, 6.07) is 17.9. The molecule has 4 rings (SSSR count). The maximum Gasteiger partial charge on any atom is 0.356 e. The number of benzene rings is 2. The molecule has 0 aliphatic carbocycles.